The van der Waals surface area contributed by atoms with Crippen molar-refractivity contribution in [3.63, 3.8) is 0 Å². The lowest BCUT2D eigenvalue weighted by atomic mass is 9.82. The van der Waals surface area contributed by atoms with Crippen LogP contribution in [0.15, 0.2) is 65.9 Å². The Bertz CT molecular complexity index is 1550. The number of hydrogen-bond donors (Lipinski definition) is 2. The normalized spacial score (nSPS) is 17.4. The maximum absolute atomic E-state index is 14.3. The molecule has 1 aliphatic carbocycles. The Kier molecular flexibility index (Phi) is 9.03. The Morgan fingerprint density at radius 2 is 1.84 bits per heavy atom. The van der Waals surface area contributed by atoms with Crippen LogP contribution in [0.25, 0.3) is 0 Å². The number of anilines is 4. The first kappa shape index (κ1) is 30.8. The van der Waals surface area contributed by atoms with E-state index in [9.17, 15) is 14.4 Å². The zero-order chi connectivity index (χ0) is 31.4. The number of hydrogen-bond acceptors (Lipinski definition) is 7. The molecule has 0 unspecified atom stereocenters. The van der Waals surface area contributed by atoms with Crippen LogP contribution in [0.3, 0.4) is 0 Å². The van der Waals surface area contributed by atoms with Gasteiger partial charge in [-0.25, -0.2) is 19.1 Å². The van der Waals surface area contributed by atoms with Crippen LogP contribution in [0.5, 0.6) is 0 Å². The fraction of sp³-hybridized carbons (Fsp3) is 0.424. The highest BCUT2D eigenvalue weighted by molar-refractivity contribution is 6.15. The number of urea groups is 1. The summed E-state index contributed by atoms with van der Waals surface area (Å²) in [6.07, 6.45) is 7.24. The molecular weight excluding hydrogens is 558 g/mol. The van der Waals surface area contributed by atoms with Crippen LogP contribution in [-0.4, -0.2) is 51.6 Å². The largest absolute Gasteiger partial charge is 0.443 e. The highest BCUT2D eigenvalue weighted by Gasteiger charge is 2.39. The summed E-state index contributed by atoms with van der Waals surface area (Å²) in [6.45, 7) is 7.85. The second-order valence-electron chi connectivity index (χ2n) is 12.2. The van der Waals surface area contributed by atoms with E-state index in [1.165, 1.54) is 28.3 Å². The zero-order valence-electron chi connectivity index (χ0n) is 25.8. The number of fused-ring (bicyclic) bond motifs is 1. The molecule has 0 radical (unpaired) electrons. The van der Waals surface area contributed by atoms with Crippen LogP contribution in [0.2, 0.25) is 0 Å². The average Bonchev–Trinajstić information content (AvgIpc) is 3.41. The molecule has 5 rings (SSSR count). The summed E-state index contributed by atoms with van der Waals surface area (Å²) in [5.74, 6) is 0.0914. The molecule has 2 aliphatic rings. The number of ether oxygens (including phenoxy) is 1. The lowest BCUT2D eigenvalue weighted by molar-refractivity contribution is -0.119. The van der Waals surface area contributed by atoms with Crippen molar-refractivity contribution in [2.75, 3.05) is 21.7 Å². The van der Waals surface area contributed by atoms with Crippen molar-refractivity contribution in [3.05, 3.63) is 66.5 Å². The number of benzene rings is 2. The summed E-state index contributed by atoms with van der Waals surface area (Å²) < 4.78 is 6.75. The van der Waals surface area contributed by atoms with Gasteiger partial charge in [0, 0.05) is 36.1 Å². The number of aromatic nitrogens is 2. The summed E-state index contributed by atoms with van der Waals surface area (Å²) in [5, 5.41) is 3.12. The Morgan fingerprint density at radius 1 is 1.09 bits per heavy atom. The second-order valence-corrected chi connectivity index (χ2v) is 12.2. The number of nitrogens with one attached hydrogen (secondary N) is 1. The van der Waals surface area contributed by atoms with Gasteiger partial charge in [0.2, 0.25) is 12.1 Å². The standard InChI is InChI=1S/C33H41N7O4/c1-5-19-38-26-17-10-9-16-25(26)27(22-12-7-6-8-13-22)37-28(29(38)41)40(30(34)42)24-15-11-14-23(21-24)36-31-35-18-20-39(31)32(43)44-33(2,3)4/h9-11,14-18,20-22,28H,5-8,12-13,19H2,1-4H3,(H2,34,42)(H,35,36)/t28-/m1/s1. The number of rotatable bonds is 7. The van der Waals surface area contributed by atoms with Crippen molar-refractivity contribution in [3.8, 4) is 0 Å². The molecule has 1 atom stereocenters. The topological polar surface area (TPSA) is 135 Å². The third-order valence-electron chi connectivity index (χ3n) is 7.75. The maximum Gasteiger partial charge on any atom is 0.421 e. The molecule has 44 heavy (non-hydrogen) atoms. The van der Waals surface area contributed by atoms with Crippen LogP contribution in [0.1, 0.15) is 71.8 Å². The van der Waals surface area contributed by atoms with E-state index in [0.717, 1.165) is 49.1 Å². The summed E-state index contributed by atoms with van der Waals surface area (Å²) in [4.78, 5) is 52.6. The first-order valence-corrected chi connectivity index (χ1v) is 15.3. The quantitative estimate of drug-likeness (QED) is 0.321. The van der Waals surface area contributed by atoms with Gasteiger partial charge in [-0.05, 0) is 64.3 Å². The van der Waals surface area contributed by atoms with Gasteiger partial charge in [-0.15, -0.1) is 0 Å². The number of primary amides is 1. The van der Waals surface area contributed by atoms with Gasteiger partial charge in [0.25, 0.3) is 5.91 Å². The van der Waals surface area contributed by atoms with Crippen LogP contribution >= 0.6 is 0 Å². The predicted octanol–water partition coefficient (Wildman–Crippen LogP) is 6.45. The van der Waals surface area contributed by atoms with Crippen LogP contribution < -0.4 is 20.9 Å². The lowest BCUT2D eigenvalue weighted by Gasteiger charge is -2.31. The fourth-order valence-electron chi connectivity index (χ4n) is 5.87. The van der Waals surface area contributed by atoms with Crippen LogP contribution in [0.4, 0.5) is 32.6 Å². The first-order chi connectivity index (χ1) is 21.1. The van der Waals surface area contributed by atoms with Gasteiger partial charge in [-0.2, -0.15) is 0 Å². The molecule has 1 fully saturated rings. The molecule has 0 spiro atoms. The zero-order valence-corrected chi connectivity index (χ0v) is 25.8. The molecule has 3 aromatic rings. The van der Waals surface area contributed by atoms with Gasteiger partial charge < -0.3 is 20.7 Å². The predicted molar refractivity (Wildman–Crippen MR) is 172 cm³/mol. The molecular formula is C33H41N7O4. The molecule has 1 aliphatic heterocycles. The highest BCUT2D eigenvalue weighted by Crippen LogP contribution is 2.36. The number of amides is 3. The number of nitrogens with two attached hydrogens (primary N) is 1. The molecule has 2 heterocycles. The van der Waals surface area contributed by atoms with Gasteiger partial charge in [0.1, 0.15) is 5.60 Å². The summed E-state index contributed by atoms with van der Waals surface area (Å²) in [5.41, 5.74) is 8.81. The first-order valence-electron chi connectivity index (χ1n) is 15.3. The number of carbonyl (C=O) groups excluding carboxylic acids is 3. The Morgan fingerprint density at radius 3 is 2.55 bits per heavy atom. The van der Waals surface area contributed by atoms with Gasteiger partial charge in [-0.1, -0.05) is 50.5 Å². The van der Waals surface area contributed by atoms with Crippen molar-refractivity contribution in [2.45, 2.75) is 78.0 Å². The van der Waals surface area contributed by atoms with Gasteiger partial charge in [0.15, 0.2) is 0 Å². The van der Waals surface area contributed by atoms with Crippen LogP contribution in [-0.2, 0) is 9.53 Å². The minimum absolute atomic E-state index is 0.177. The fourth-order valence-corrected chi connectivity index (χ4v) is 5.87. The molecule has 0 saturated heterocycles. The van der Waals surface area contributed by atoms with E-state index in [1.54, 1.807) is 49.9 Å². The monoisotopic (exact) mass is 599 g/mol. The molecule has 1 saturated carbocycles. The molecule has 2 aromatic carbocycles. The van der Waals surface area contributed by atoms with E-state index in [2.05, 4.69) is 10.3 Å². The lowest BCUT2D eigenvalue weighted by Crippen LogP contribution is -2.52. The SMILES string of the molecule is CCCN1C(=O)[C@@H](N(C(N)=O)c2cccc(Nc3nccn3C(=O)OC(C)(C)C)c2)N=C(C2CCCCC2)c2ccccc21. The van der Waals surface area contributed by atoms with Crippen molar-refractivity contribution in [1.82, 2.24) is 9.55 Å². The molecule has 3 N–H and O–H groups in total. The van der Waals surface area contributed by atoms with Gasteiger partial charge in [0.05, 0.1) is 17.1 Å². The highest BCUT2D eigenvalue weighted by atomic mass is 16.6. The molecule has 0 bridgehead atoms. The van der Waals surface area contributed by atoms with Gasteiger partial charge in [-0.3, -0.25) is 14.7 Å². The summed E-state index contributed by atoms with van der Waals surface area (Å²) in [6, 6.07) is 14.0. The van der Waals surface area contributed by atoms with Crippen molar-refractivity contribution >= 4 is 46.8 Å². The number of imidazole rings is 1. The van der Waals surface area contributed by atoms with Crippen molar-refractivity contribution < 1.29 is 19.1 Å². The minimum atomic E-state index is -1.19. The van der Waals surface area contributed by atoms with E-state index >= 15 is 0 Å². The maximum atomic E-state index is 14.3. The molecule has 3 amide bonds. The number of benzodiazepines with no additional fused rings is 1. The molecule has 1 aromatic heterocycles. The second kappa shape index (κ2) is 12.9. The summed E-state index contributed by atoms with van der Waals surface area (Å²) in [7, 11) is 0. The van der Waals surface area contributed by atoms with E-state index < -0.39 is 23.9 Å². The van der Waals surface area contributed by atoms with Crippen LogP contribution in [0, 0.1) is 5.92 Å². The Hall–Kier alpha value is -4.67. The number of nitrogens with zero attached hydrogens (tertiary/aromatic N) is 5. The minimum Gasteiger partial charge on any atom is -0.443 e. The smallest absolute Gasteiger partial charge is 0.421 e. The van der Waals surface area contributed by atoms with E-state index in [0.29, 0.717) is 17.9 Å². The molecule has 11 heteroatoms. The Balaban J connectivity index is 1.54. The van der Waals surface area contributed by atoms with Gasteiger partial charge >= 0.3 is 12.1 Å². The summed E-state index contributed by atoms with van der Waals surface area (Å²) >= 11 is 0. The molecule has 232 valence electrons. The number of carbonyl (C=O) groups is 3. The number of aliphatic imine (C=N–C) groups is 1. The van der Waals surface area contributed by atoms with Crippen molar-refractivity contribution in [1.29, 1.82) is 0 Å². The third kappa shape index (κ3) is 6.61. The van der Waals surface area contributed by atoms with Crippen molar-refractivity contribution in [2.24, 2.45) is 16.6 Å². The van der Waals surface area contributed by atoms with E-state index in [1.807, 2.05) is 31.2 Å². The molecule has 11 nitrogen and oxygen atoms in total. The van der Waals surface area contributed by atoms with E-state index in [4.69, 9.17) is 15.5 Å². The number of para-hydroxylation sites is 1. The third-order valence-corrected chi connectivity index (χ3v) is 7.75. The Labute approximate surface area is 258 Å². The van der Waals surface area contributed by atoms with E-state index in [-0.39, 0.29) is 17.8 Å². The average molecular weight is 600 g/mol.